The molecule has 2 aromatic rings. The van der Waals surface area contributed by atoms with Crippen molar-refractivity contribution in [2.24, 2.45) is 0 Å². The molecule has 1 saturated carbocycles. The first-order chi connectivity index (χ1) is 8.74. The zero-order chi connectivity index (χ0) is 12.5. The number of aryl methyl sites for hydroxylation is 1. The minimum Gasteiger partial charge on any atom is -0.439 e. The Balaban J connectivity index is 1.80. The van der Waals surface area contributed by atoms with Gasteiger partial charge in [-0.1, -0.05) is 18.2 Å². The fraction of sp³-hybridized carbons (Fsp3) is 0.357. The van der Waals surface area contributed by atoms with Crippen LogP contribution < -0.4 is 5.32 Å². The molecule has 4 heteroatoms. The second-order valence-corrected chi connectivity index (χ2v) is 5.50. The third-order valence-corrected chi connectivity index (χ3v) is 4.18. The maximum Gasteiger partial charge on any atom is 0.208 e. The minimum atomic E-state index is 0.672. The van der Waals surface area contributed by atoms with Crippen LogP contribution in [0.3, 0.4) is 0 Å². The second kappa shape index (κ2) is 4.86. The van der Waals surface area contributed by atoms with Gasteiger partial charge in [0.05, 0.1) is 12.7 Å². The van der Waals surface area contributed by atoms with Crippen LogP contribution in [0.15, 0.2) is 33.3 Å². The summed E-state index contributed by atoms with van der Waals surface area (Å²) in [6, 6.07) is 6.81. The van der Waals surface area contributed by atoms with Crippen molar-refractivity contribution in [3.8, 4) is 11.3 Å². The molecular weight excluding hydrogens is 292 g/mol. The molecule has 1 aliphatic rings. The topological polar surface area (TPSA) is 38.1 Å². The maximum atomic E-state index is 5.78. The Labute approximate surface area is 115 Å². The van der Waals surface area contributed by atoms with Crippen LogP contribution in [0.2, 0.25) is 0 Å². The predicted molar refractivity (Wildman–Crippen MR) is 74.2 cm³/mol. The number of benzene rings is 1. The Morgan fingerprint density at radius 3 is 3.06 bits per heavy atom. The molecule has 18 heavy (non-hydrogen) atoms. The molecule has 1 aromatic heterocycles. The van der Waals surface area contributed by atoms with Crippen LogP contribution in [-0.4, -0.2) is 11.0 Å². The molecule has 1 heterocycles. The van der Waals surface area contributed by atoms with Gasteiger partial charge in [0.2, 0.25) is 5.89 Å². The smallest absolute Gasteiger partial charge is 0.208 e. The Morgan fingerprint density at radius 1 is 1.44 bits per heavy atom. The lowest BCUT2D eigenvalue weighted by atomic mass is 10.1. The molecule has 94 valence electrons. The van der Waals surface area contributed by atoms with Gasteiger partial charge in [0.1, 0.15) is 0 Å². The van der Waals surface area contributed by atoms with Crippen LogP contribution >= 0.6 is 15.9 Å². The zero-order valence-corrected chi connectivity index (χ0v) is 11.8. The minimum absolute atomic E-state index is 0.672. The maximum absolute atomic E-state index is 5.78. The molecule has 0 bridgehead atoms. The van der Waals surface area contributed by atoms with Crippen LogP contribution in [0.5, 0.6) is 0 Å². The molecule has 3 rings (SSSR count). The molecule has 0 saturated heterocycles. The van der Waals surface area contributed by atoms with E-state index in [9.17, 15) is 0 Å². The number of hydrogen-bond acceptors (Lipinski definition) is 3. The SMILES string of the molecule is Cc1cccc(-c2cnc(CNC3CC3)o2)c1Br. The summed E-state index contributed by atoms with van der Waals surface area (Å²) in [5.41, 5.74) is 2.25. The van der Waals surface area contributed by atoms with Crippen molar-refractivity contribution >= 4 is 15.9 Å². The number of rotatable bonds is 4. The lowest BCUT2D eigenvalue weighted by Gasteiger charge is -2.03. The van der Waals surface area contributed by atoms with E-state index in [1.165, 1.54) is 18.4 Å². The van der Waals surface area contributed by atoms with Crippen molar-refractivity contribution in [3.63, 3.8) is 0 Å². The van der Waals surface area contributed by atoms with Crippen molar-refractivity contribution in [2.75, 3.05) is 0 Å². The van der Waals surface area contributed by atoms with E-state index in [0.29, 0.717) is 12.6 Å². The average Bonchev–Trinajstić information content (AvgIpc) is 3.08. The fourth-order valence-corrected chi connectivity index (χ4v) is 2.33. The van der Waals surface area contributed by atoms with E-state index in [2.05, 4.69) is 39.2 Å². The highest BCUT2D eigenvalue weighted by molar-refractivity contribution is 9.10. The van der Waals surface area contributed by atoms with E-state index in [1.807, 2.05) is 12.1 Å². The highest BCUT2D eigenvalue weighted by Gasteiger charge is 2.21. The van der Waals surface area contributed by atoms with E-state index >= 15 is 0 Å². The van der Waals surface area contributed by atoms with Gasteiger partial charge in [0.25, 0.3) is 0 Å². The lowest BCUT2D eigenvalue weighted by Crippen LogP contribution is -2.15. The van der Waals surface area contributed by atoms with Gasteiger partial charge in [-0.3, -0.25) is 0 Å². The Morgan fingerprint density at radius 2 is 2.28 bits per heavy atom. The summed E-state index contributed by atoms with van der Waals surface area (Å²) >= 11 is 3.59. The summed E-state index contributed by atoms with van der Waals surface area (Å²) in [4.78, 5) is 4.31. The number of hydrogen-bond donors (Lipinski definition) is 1. The summed E-state index contributed by atoms with van der Waals surface area (Å²) in [7, 11) is 0. The van der Waals surface area contributed by atoms with E-state index < -0.39 is 0 Å². The molecule has 0 aliphatic heterocycles. The molecule has 1 aromatic carbocycles. The summed E-state index contributed by atoms with van der Waals surface area (Å²) < 4.78 is 6.85. The van der Waals surface area contributed by atoms with Gasteiger partial charge in [-0.25, -0.2) is 4.98 Å². The van der Waals surface area contributed by atoms with Crippen LogP contribution in [0.4, 0.5) is 0 Å². The molecular formula is C14H15BrN2O. The molecule has 0 amide bonds. The molecule has 1 aliphatic carbocycles. The van der Waals surface area contributed by atoms with E-state index in [0.717, 1.165) is 21.7 Å². The van der Waals surface area contributed by atoms with E-state index in [4.69, 9.17) is 4.42 Å². The van der Waals surface area contributed by atoms with Gasteiger partial charge >= 0.3 is 0 Å². The largest absolute Gasteiger partial charge is 0.439 e. The summed E-state index contributed by atoms with van der Waals surface area (Å²) in [5.74, 6) is 1.57. The highest BCUT2D eigenvalue weighted by Crippen LogP contribution is 2.31. The summed E-state index contributed by atoms with van der Waals surface area (Å²) in [6.07, 6.45) is 4.34. The standard InChI is InChI=1S/C14H15BrN2O/c1-9-3-2-4-11(14(9)15)12-7-17-13(18-12)8-16-10-5-6-10/h2-4,7,10,16H,5-6,8H2,1H3. The van der Waals surface area contributed by atoms with Crippen molar-refractivity contribution in [3.05, 3.63) is 40.3 Å². The quantitative estimate of drug-likeness (QED) is 0.936. The van der Waals surface area contributed by atoms with Gasteiger partial charge in [0, 0.05) is 16.1 Å². The highest BCUT2D eigenvalue weighted by atomic mass is 79.9. The van der Waals surface area contributed by atoms with Crippen molar-refractivity contribution < 1.29 is 4.42 Å². The monoisotopic (exact) mass is 306 g/mol. The zero-order valence-electron chi connectivity index (χ0n) is 10.2. The van der Waals surface area contributed by atoms with Gasteiger partial charge in [-0.05, 0) is 41.3 Å². The number of oxazole rings is 1. The summed E-state index contributed by atoms with van der Waals surface area (Å²) in [5, 5.41) is 3.40. The molecule has 0 radical (unpaired) electrons. The van der Waals surface area contributed by atoms with Crippen LogP contribution in [0.25, 0.3) is 11.3 Å². The Hall–Kier alpha value is -1.13. The Kier molecular flexibility index (Phi) is 3.22. The van der Waals surface area contributed by atoms with Crippen LogP contribution in [0.1, 0.15) is 24.3 Å². The lowest BCUT2D eigenvalue weighted by molar-refractivity contribution is 0.476. The van der Waals surface area contributed by atoms with Gasteiger partial charge in [-0.2, -0.15) is 0 Å². The first-order valence-corrected chi connectivity index (χ1v) is 6.97. The third kappa shape index (κ3) is 2.49. The predicted octanol–water partition coefficient (Wildman–Crippen LogP) is 3.66. The molecule has 1 N–H and O–H groups in total. The third-order valence-electron chi connectivity index (χ3n) is 3.13. The average molecular weight is 307 g/mol. The number of halogens is 1. The van der Waals surface area contributed by atoms with Crippen molar-refractivity contribution in [2.45, 2.75) is 32.4 Å². The van der Waals surface area contributed by atoms with Gasteiger partial charge in [-0.15, -0.1) is 0 Å². The first kappa shape index (κ1) is 11.9. The fourth-order valence-electron chi connectivity index (χ4n) is 1.87. The summed E-state index contributed by atoms with van der Waals surface area (Å²) in [6.45, 7) is 2.79. The molecule has 3 nitrogen and oxygen atoms in total. The van der Waals surface area contributed by atoms with Crippen molar-refractivity contribution in [1.82, 2.24) is 10.3 Å². The van der Waals surface area contributed by atoms with Crippen LogP contribution in [-0.2, 0) is 6.54 Å². The van der Waals surface area contributed by atoms with Crippen LogP contribution in [0, 0.1) is 6.92 Å². The van der Waals surface area contributed by atoms with Gasteiger partial charge < -0.3 is 9.73 Å². The molecule has 0 spiro atoms. The molecule has 0 unspecified atom stereocenters. The van der Waals surface area contributed by atoms with E-state index in [-0.39, 0.29) is 0 Å². The number of nitrogens with one attached hydrogen (secondary N) is 1. The van der Waals surface area contributed by atoms with Gasteiger partial charge in [0.15, 0.2) is 5.76 Å². The second-order valence-electron chi connectivity index (χ2n) is 4.71. The molecule has 0 atom stereocenters. The molecule has 1 fully saturated rings. The van der Waals surface area contributed by atoms with Crippen molar-refractivity contribution in [1.29, 1.82) is 0 Å². The first-order valence-electron chi connectivity index (χ1n) is 6.17. The Bertz CT molecular complexity index is 561. The van der Waals surface area contributed by atoms with E-state index in [1.54, 1.807) is 6.20 Å². The number of nitrogens with zero attached hydrogens (tertiary/aromatic N) is 1. The normalized spacial score (nSPS) is 15.0. The number of aromatic nitrogens is 1.